The molecule has 8 heavy (non-hydrogen) atoms. The molecule has 0 saturated heterocycles. The van der Waals surface area contributed by atoms with Crippen molar-refractivity contribution in [1.29, 1.82) is 0 Å². The van der Waals surface area contributed by atoms with Crippen molar-refractivity contribution in [2.45, 2.75) is 47.0 Å². The van der Waals surface area contributed by atoms with Crippen LogP contribution in [-0.4, -0.2) is 0 Å². The summed E-state index contributed by atoms with van der Waals surface area (Å²) in [4.78, 5) is 0. The van der Waals surface area contributed by atoms with Crippen molar-refractivity contribution >= 4 is 0 Å². The number of hydrogen-bond acceptors (Lipinski definition) is 0. The van der Waals surface area contributed by atoms with Gasteiger partial charge in [-0.15, -0.1) is 0 Å². The zero-order valence-corrected chi connectivity index (χ0v) is 6.62. The molecule has 0 aromatic rings. The van der Waals surface area contributed by atoms with Gasteiger partial charge in [0.05, 0.1) is 0 Å². The molecule has 1 aliphatic carbocycles. The van der Waals surface area contributed by atoms with Gasteiger partial charge in [-0.2, -0.15) is 0 Å². The fourth-order valence-electron chi connectivity index (χ4n) is 0.567. The highest BCUT2D eigenvalue weighted by Crippen LogP contribution is 2.47. The quantitative estimate of drug-likeness (QED) is 0.491. The molecule has 50 valence electrons. The van der Waals surface area contributed by atoms with Gasteiger partial charge in [-0.3, -0.25) is 0 Å². The first-order chi connectivity index (χ1) is 3.77. The third kappa shape index (κ3) is 2.34. The number of hydrogen-bond donors (Lipinski definition) is 0. The van der Waals surface area contributed by atoms with E-state index in [4.69, 9.17) is 0 Å². The van der Waals surface area contributed by atoms with Crippen LogP contribution in [0, 0.1) is 5.41 Å². The normalized spacial score (nSPS) is 21.0. The van der Waals surface area contributed by atoms with E-state index in [9.17, 15) is 0 Å². The average molecular weight is 114 g/mol. The summed E-state index contributed by atoms with van der Waals surface area (Å²) >= 11 is 0. The van der Waals surface area contributed by atoms with Gasteiger partial charge in [-0.05, 0) is 18.3 Å². The van der Waals surface area contributed by atoms with Gasteiger partial charge in [0.25, 0.3) is 0 Å². The molecule has 1 rings (SSSR count). The first kappa shape index (κ1) is 8.00. The first-order valence-electron chi connectivity index (χ1n) is 3.77. The average Bonchev–Trinajstić information content (AvgIpc) is 2.55. The summed E-state index contributed by atoms with van der Waals surface area (Å²) in [5.74, 6) is 0. The predicted octanol–water partition coefficient (Wildman–Crippen LogP) is 3.22. The van der Waals surface area contributed by atoms with Crippen molar-refractivity contribution < 1.29 is 0 Å². The van der Waals surface area contributed by atoms with Crippen LogP contribution in [0.25, 0.3) is 0 Å². The summed E-state index contributed by atoms with van der Waals surface area (Å²) < 4.78 is 0. The highest BCUT2D eigenvalue weighted by Gasteiger charge is 2.34. The van der Waals surface area contributed by atoms with Crippen LogP contribution in [0.1, 0.15) is 47.0 Å². The zero-order valence-electron chi connectivity index (χ0n) is 6.62. The standard InChI is InChI=1S/C6H12.C2H6/c1-3-6(2)4-5-6;1-2/h3-5H2,1-2H3;1-2H3. The van der Waals surface area contributed by atoms with Gasteiger partial charge in [0.2, 0.25) is 0 Å². The van der Waals surface area contributed by atoms with Crippen molar-refractivity contribution in [3.05, 3.63) is 0 Å². The molecule has 0 heteroatoms. The largest absolute Gasteiger partial charge is 0.0683 e. The SMILES string of the molecule is CC.CCC1(C)CC1. The van der Waals surface area contributed by atoms with E-state index in [0.717, 1.165) is 5.41 Å². The lowest BCUT2D eigenvalue weighted by Crippen LogP contribution is -1.84. The van der Waals surface area contributed by atoms with E-state index >= 15 is 0 Å². The highest BCUT2D eigenvalue weighted by molar-refractivity contribution is 4.86. The molecule has 0 bridgehead atoms. The minimum Gasteiger partial charge on any atom is -0.0683 e. The smallest absolute Gasteiger partial charge is 0.0328 e. The maximum atomic E-state index is 2.35. The molecule has 0 heterocycles. The van der Waals surface area contributed by atoms with Gasteiger partial charge in [-0.1, -0.05) is 34.1 Å². The second kappa shape index (κ2) is 3.11. The van der Waals surface area contributed by atoms with E-state index in [-0.39, 0.29) is 0 Å². The molecular weight excluding hydrogens is 96.1 g/mol. The fraction of sp³-hybridized carbons (Fsp3) is 1.00. The van der Waals surface area contributed by atoms with Gasteiger partial charge < -0.3 is 0 Å². The lowest BCUT2D eigenvalue weighted by molar-refractivity contribution is 0.551. The second-order valence-corrected chi connectivity index (χ2v) is 2.66. The summed E-state index contributed by atoms with van der Waals surface area (Å²) in [5.41, 5.74) is 0.792. The van der Waals surface area contributed by atoms with E-state index in [2.05, 4.69) is 13.8 Å². The van der Waals surface area contributed by atoms with Crippen LogP contribution in [0.5, 0.6) is 0 Å². The van der Waals surface area contributed by atoms with Crippen molar-refractivity contribution in [3.8, 4) is 0 Å². The van der Waals surface area contributed by atoms with E-state index < -0.39 is 0 Å². The molecule has 1 aliphatic rings. The Hall–Kier alpha value is 0. The van der Waals surface area contributed by atoms with Gasteiger partial charge >= 0.3 is 0 Å². The van der Waals surface area contributed by atoms with E-state index in [1.54, 1.807) is 0 Å². The minimum absolute atomic E-state index is 0.792. The van der Waals surface area contributed by atoms with Crippen molar-refractivity contribution in [2.24, 2.45) is 5.41 Å². The molecule has 0 N–H and O–H groups in total. The first-order valence-corrected chi connectivity index (χ1v) is 3.77. The topological polar surface area (TPSA) is 0 Å². The van der Waals surface area contributed by atoms with E-state index in [1.165, 1.54) is 19.3 Å². The molecule has 0 radical (unpaired) electrons. The Labute approximate surface area is 53.3 Å². The molecule has 0 aliphatic heterocycles. The molecule has 0 atom stereocenters. The molecule has 1 saturated carbocycles. The maximum Gasteiger partial charge on any atom is -0.0328 e. The Kier molecular flexibility index (Phi) is 3.11. The summed E-state index contributed by atoms with van der Waals surface area (Å²) in [6.07, 6.45) is 4.33. The van der Waals surface area contributed by atoms with Crippen LogP contribution in [-0.2, 0) is 0 Å². The van der Waals surface area contributed by atoms with Gasteiger partial charge in [0.15, 0.2) is 0 Å². The fourth-order valence-corrected chi connectivity index (χ4v) is 0.567. The Morgan fingerprint density at radius 2 is 1.62 bits per heavy atom. The van der Waals surface area contributed by atoms with Crippen LogP contribution in [0.4, 0.5) is 0 Å². The maximum absolute atomic E-state index is 2.35. The lowest BCUT2D eigenvalue weighted by Gasteiger charge is -1.96. The van der Waals surface area contributed by atoms with Crippen molar-refractivity contribution in [3.63, 3.8) is 0 Å². The monoisotopic (exact) mass is 114 g/mol. The predicted molar refractivity (Wildman–Crippen MR) is 39.0 cm³/mol. The molecule has 0 aromatic carbocycles. The van der Waals surface area contributed by atoms with Gasteiger partial charge in [-0.25, -0.2) is 0 Å². The van der Waals surface area contributed by atoms with Crippen LogP contribution in [0.15, 0.2) is 0 Å². The van der Waals surface area contributed by atoms with Crippen LogP contribution in [0.3, 0.4) is 0 Å². The van der Waals surface area contributed by atoms with Crippen LogP contribution >= 0.6 is 0 Å². The summed E-state index contributed by atoms with van der Waals surface area (Å²) in [6, 6.07) is 0. The molecule has 0 nitrogen and oxygen atoms in total. The molecule has 0 aromatic heterocycles. The minimum atomic E-state index is 0.792. The Morgan fingerprint density at radius 3 is 1.62 bits per heavy atom. The summed E-state index contributed by atoms with van der Waals surface area (Å²) in [5, 5.41) is 0. The molecule has 0 unspecified atom stereocenters. The highest BCUT2D eigenvalue weighted by atomic mass is 14.4. The zero-order chi connectivity index (χ0) is 6.62. The van der Waals surface area contributed by atoms with Crippen molar-refractivity contribution in [1.82, 2.24) is 0 Å². The number of rotatable bonds is 1. The molecule has 0 amide bonds. The Bertz CT molecular complexity index is 51.1. The van der Waals surface area contributed by atoms with Crippen LogP contribution in [0.2, 0.25) is 0 Å². The second-order valence-electron chi connectivity index (χ2n) is 2.66. The van der Waals surface area contributed by atoms with E-state index in [1.807, 2.05) is 13.8 Å². The van der Waals surface area contributed by atoms with Gasteiger partial charge in [0, 0.05) is 0 Å². The molecule has 1 fully saturated rings. The summed E-state index contributed by atoms with van der Waals surface area (Å²) in [7, 11) is 0. The summed E-state index contributed by atoms with van der Waals surface area (Å²) in [6.45, 7) is 8.62. The van der Waals surface area contributed by atoms with Crippen molar-refractivity contribution in [2.75, 3.05) is 0 Å². The Morgan fingerprint density at radius 1 is 1.25 bits per heavy atom. The Balaban J connectivity index is 0.000000222. The van der Waals surface area contributed by atoms with Crippen LogP contribution < -0.4 is 0 Å². The lowest BCUT2D eigenvalue weighted by atomic mass is 10.1. The van der Waals surface area contributed by atoms with E-state index in [0.29, 0.717) is 0 Å². The molecular formula is C8H18. The third-order valence-electron chi connectivity index (χ3n) is 1.96. The molecule has 0 spiro atoms. The van der Waals surface area contributed by atoms with Gasteiger partial charge in [0.1, 0.15) is 0 Å². The third-order valence-corrected chi connectivity index (χ3v) is 1.96.